The quantitative estimate of drug-likeness (QED) is 0.507. The fourth-order valence-corrected chi connectivity index (χ4v) is 3.57. The van der Waals surface area contributed by atoms with Gasteiger partial charge in [0.2, 0.25) is 5.82 Å². The van der Waals surface area contributed by atoms with Crippen LogP contribution in [0.25, 0.3) is 11.3 Å². The summed E-state index contributed by atoms with van der Waals surface area (Å²) in [6, 6.07) is 9.17. The second-order valence-electron chi connectivity index (χ2n) is 6.32. The van der Waals surface area contributed by atoms with Crippen molar-refractivity contribution in [1.82, 2.24) is 10.3 Å². The minimum atomic E-state index is -0.432. The van der Waals surface area contributed by atoms with Crippen molar-refractivity contribution in [3.8, 4) is 17.0 Å². The Morgan fingerprint density at radius 1 is 1.07 bits per heavy atom. The van der Waals surface area contributed by atoms with Crippen LogP contribution in [-0.2, 0) is 12.8 Å². The Labute approximate surface area is 179 Å². The number of rotatable bonds is 7. The minimum absolute atomic E-state index is 0.235. The largest absolute Gasteiger partial charge is 0.491 e. The van der Waals surface area contributed by atoms with Crippen LogP contribution in [0.5, 0.6) is 5.75 Å². The number of nitrogens with zero attached hydrogens (tertiary/aromatic N) is 2. The van der Waals surface area contributed by atoms with Crippen molar-refractivity contribution < 1.29 is 14.2 Å². The molecule has 1 N–H and O–H groups in total. The van der Waals surface area contributed by atoms with Crippen LogP contribution >= 0.6 is 23.2 Å². The number of aromatic nitrogens is 2. The summed E-state index contributed by atoms with van der Waals surface area (Å²) in [7, 11) is 0. The van der Waals surface area contributed by atoms with Crippen molar-refractivity contribution >= 4 is 34.9 Å². The first kappa shape index (κ1) is 21.1. The van der Waals surface area contributed by atoms with E-state index >= 15 is 0 Å². The molecule has 0 saturated carbocycles. The molecule has 2 aromatic carbocycles. The molecule has 3 rings (SSSR count). The van der Waals surface area contributed by atoms with E-state index in [0.717, 1.165) is 29.5 Å². The Bertz CT molecular complexity index is 1010. The van der Waals surface area contributed by atoms with E-state index in [1.807, 2.05) is 13.0 Å². The lowest BCUT2D eigenvalue weighted by Crippen LogP contribution is -2.13. The molecule has 8 heteroatoms. The Kier molecular flexibility index (Phi) is 6.77. The predicted molar refractivity (Wildman–Crippen MR) is 114 cm³/mol. The van der Waals surface area contributed by atoms with Gasteiger partial charge in [-0.15, -0.1) is 0 Å². The van der Waals surface area contributed by atoms with Crippen molar-refractivity contribution in [2.75, 3.05) is 11.9 Å². The highest BCUT2D eigenvalue weighted by Crippen LogP contribution is 2.35. The summed E-state index contributed by atoms with van der Waals surface area (Å²) in [5, 5.41) is 11.1. The molecule has 152 valence electrons. The number of hydrogen-bond donors (Lipinski definition) is 1. The van der Waals surface area contributed by atoms with Crippen LogP contribution in [0.3, 0.4) is 0 Å². The van der Waals surface area contributed by atoms with Gasteiger partial charge in [-0.3, -0.25) is 4.79 Å². The first-order valence-electron chi connectivity index (χ1n) is 9.36. The summed E-state index contributed by atoms with van der Waals surface area (Å²) in [6.45, 7) is 6.37. The number of benzene rings is 2. The van der Waals surface area contributed by atoms with Gasteiger partial charge in [-0.05, 0) is 59.4 Å². The molecule has 0 saturated heterocycles. The van der Waals surface area contributed by atoms with Crippen molar-refractivity contribution in [3.63, 3.8) is 0 Å². The van der Waals surface area contributed by atoms with Crippen LogP contribution in [0.2, 0.25) is 10.0 Å². The molecule has 0 unspecified atom stereocenters. The average molecular weight is 434 g/mol. The third-order valence-corrected chi connectivity index (χ3v) is 5.05. The van der Waals surface area contributed by atoms with Crippen LogP contribution < -0.4 is 10.1 Å². The SMILES string of the molecule is CCOc1c(Cl)cc(C(=O)Nc2nonc2-c2cc(CC)ccc2CC)cc1Cl. The van der Waals surface area contributed by atoms with Gasteiger partial charge in [0.05, 0.1) is 16.7 Å². The molecule has 6 nitrogen and oxygen atoms in total. The predicted octanol–water partition coefficient (Wildman–Crippen LogP) is 5.82. The summed E-state index contributed by atoms with van der Waals surface area (Å²) < 4.78 is 10.3. The highest BCUT2D eigenvalue weighted by Gasteiger charge is 2.20. The van der Waals surface area contributed by atoms with E-state index in [4.69, 9.17) is 32.6 Å². The van der Waals surface area contributed by atoms with E-state index in [9.17, 15) is 4.79 Å². The number of aryl methyl sites for hydroxylation is 2. The number of halogens is 2. The maximum atomic E-state index is 12.8. The monoisotopic (exact) mass is 433 g/mol. The van der Waals surface area contributed by atoms with Crippen LogP contribution in [0.15, 0.2) is 35.0 Å². The summed E-state index contributed by atoms with van der Waals surface area (Å²) in [6.07, 6.45) is 1.69. The van der Waals surface area contributed by atoms with E-state index < -0.39 is 5.91 Å². The molecule has 0 aliphatic rings. The number of carbonyl (C=O) groups is 1. The van der Waals surface area contributed by atoms with Crippen LogP contribution in [0.4, 0.5) is 5.82 Å². The van der Waals surface area contributed by atoms with Crippen molar-refractivity contribution in [2.24, 2.45) is 0 Å². The number of anilines is 1. The average Bonchev–Trinajstić information content (AvgIpc) is 3.17. The fourth-order valence-electron chi connectivity index (χ4n) is 2.97. The van der Waals surface area contributed by atoms with Crippen LogP contribution in [0, 0.1) is 0 Å². The summed E-state index contributed by atoms with van der Waals surface area (Å²) in [5.41, 5.74) is 3.87. The van der Waals surface area contributed by atoms with E-state index in [1.54, 1.807) is 0 Å². The lowest BCUT2D eigenvalue weighted by atomic mass is 9.98. The zero-order chi connectivity index (χ0) is 21.0. The highest BCUT2D eigenvalue weighted by molar-refractivity contribution is 6.37. The second kappa shape index (κ2) is 9.29. The summed E-state index contributed by atoms with van der Waals surface area (Å²) in [5.74, 6) is 0.151. The molecule has 0 bridgehead atoms. The smallest absolute Gasteiger partial charge is 0.257 e. The summed E-state index contributed by atoms with van der Waals surface area (Å²) >= 11 is 12.4. The van der Waals surface area contributed by atoms with Gasteiger partial charge in [0.1, 0.15) is 0 Å². The van der Waals surface area contributed by atoms with Crippen molar-refractivity contribution in [1.29, 1.82) is 0 Å². The van der Waals surface area contributed by atoms with Gasteiger partial charge < -0.3 is 10.1 Å². The molecule has 0 aliphatic carbocycles. The lowest BCUT2D eigenvalue weighted by Gasteiger charge is -2.11. The zero-order valence-corrected chi connectivity index (χ0v) is 17.9. The van der Waals surface area contributed by atoms with Gasteiger partial charge in [0.25, 0.3) is 5.91 Å². The molecule has 3 aromatic rings. The van der Waals surface area contributed by atoms with Crippen LogP contribution in [-0.4, -0.2) is 22.8 Å². The lowest BCUT2D eigenvalue weighted by molar-refractivity contribution is 0.102. The highest BCUT2D eigenvalue weighted by atomic mass is 35.5. The van der Waals surface area contributed by atoms with E-state index in [0.29, 0.717) is 18.1 Å². The molecule has 29 heavy (non-hydrogen) atoms. The molecule has 0 fully saturated rings. The molecular weight excluding hydrogens is 413 g/mol. The minimum Gasteiger partial charge on any atom is -0.491 e. The standard InChI is InChI=1S/C21H21Cl2N3O3/c1-4-12-7-8-13(5-2)15(9-12)18-20(26-29-25-18)24-21(27)14-10-16(22)19(28-6-3)17(23)11-14/h7-11H,4-6H2,1-3H3,(H,24,26,27). The molecule has 0 spiro atoms. The number of carbonyl (C=O) groups excluding carboxylic acids is 1. The number of nitrogens with one attached hydrogen (secondary N) is 1. The third kappa shape index (κ3) is 4.54. The maximum absolute atomic E-state index is 12.8. The zero-order valence-electron chi connectivity index (χ0n) is 16.4. The first-order valence-corrected chi connectivity index (χ1v) is 10.1. The Balaban J connectivity index is 1.92. The normalized spacial score (nSPS) is 10.8. The molecule has 1 aromatic heterocycles. The second-order valence-corrected chi connectivity index (χ2v) is 7.13. The molecule has 0 aliphatic heterocycles. The van der Waals surface area contributed by atoms with Gasteiger partial charge in [-0.2, -0.15) is 0 Å². The molecular formula is C21H21Cl2N3O3. The van der Waals surface area contributed by atoms with Gasteiger partial charge >= 0.3 is 0 Å². The summed E-state index contributed by atoms with van der Waals surface area (Å²) in [4.78, 5) is 12.8. The molecule has 0 atom stereocenters. The van der Waals surface area contributed by atoms with E-state index in [-0.39, 0.29) is 21.4 Å². The van der Waals surface area contributed by atoms with Gasteiger partial charge in [0, 0.05) is 11.1 Å². The van der Waals surface area contributed by atoms with E-state index in [2.05, 4.69) is 41.6 Å². The van der Waals surface area contributed by atoms with Gasteiger partial charge in [-0.25, -0.2) is 4.63 Å². The van der Waals surface area contributed by atoms with Crippen molar-refractivity contribution in [2.45, 2.75) is 33.6 Å². The number of hydrogen-bond acceptors (Lipinski definition) is 5. The third-order valence-electron chi connectivity index (χ3n) is 4.49. The molecule has 0 radical (unpaired) electrons. The first-order chi connectivity index (χ1) is 14.0. The topological polar surface area (TPSA) is 77.2 Å². The molecule has 1 heterocycles. The van der Waals surface area contributed by atoms with Gasteiger partial charge in [-0.1, -0.05) is 49.2 Å². The Hall–Kier alpha value is -2.57. The molecule has 1 amide bonds. The van der Waals surface area contributed by atoms with Crippen molar-refractivity contribution in [3.05, 3.63) is 57.1 Å². The Morgan fingerprint density at radius 3 is 2.41 bits per heavy atom. The van der Waals surface area contributed by atoms with Crippen LogP contribution in [0.1, 0.15) is 42.3 Å². The number of amides is 1. The van der Waals surface area contributed by atoms with E-state index in [1.165, 1.54) is 12.1 Å². The number of ether oxygens (including phenoxy) is 1. The maximum Gasteiger partial charge on any atom is 0.257 e. The Morgan fingerprint density at radius 2 is 1.79 bits per heavy atom. The fraction of sp³-hybridized carbons (Fsp3) is 0.286. The van der Waals surface area contributed by atoms with Gasteiger partial charge in [0.15, 0.2) is 11.4 Å².